The lowest BCUT2D eigenvalue weighted by atomic mass is 9.97. The molecule has 1 fully saturated rings. The van der Waals surface area contributed by atoms with Crippen LogP contribution in [0.3, 0.4) is 0 Å². The molecular formula is C21H21BrN4O3S. The number of rotatable bonds is 5. The van der Waals surface area contributed by atoms with Gasteiger partial charge in [-0.3, -0.25) is 4.72 Å². The highest BCUT2D eigenvalue weighted by Gasteiger charge is 2.37. The number of aliphatic hydroxyl groups is 1. The number of aryl methyl sites for hydroxylation is 1. The second-order valence-electron chi connectivity index (χ2n) is 7.63. The number of benzene rings is 1. The Hall–Kier alpha value is -2.49. The van der Waals surface area contributed by atoms with E-state index in [0.717, 1.165) is 15.6 Å². The molecule has 2 aromatic heterocycles. The van der Waals surface area contributed by atoms with E-state index in [-0.39, 0.29) is 10.8 Å². The lowest BCUT2D eigenvalue weighted by Crippen LogP contribution is -2.60. The number of β-amino-alcohol motifs (C(OH)–C–C–N with tert-alkyl or cyclic N) is 1. The van der Waals surface area contributed by atoms with E-state index in [2.05, 4.69) is 30.6 Å². The fourth-order valence-corrected chi connectivity index (χ4v) is 4.78. The van der Waals surface area contributed by atoms with Crippen LogP contribution in [0, 0.1) is 6.92 Å². The average molecular weight is 489 g/mol. The molecule has 0 amide bonds. The third kappa shape index (κ3) is 4.19. The molecule has 1 aromatic carbocycles. The number of anilines is 2. The molecule has 7 nitrogen and oxygen atoms in total. The summed E-state index contributed by atoms with van der Waals surface area (Å²) in [5.74, 6) is 0.712. The molecule has 1 aliphatic heterocycles. The SMILES string of the molecule is Cc1ccccc1-c1nc(NS(=O)(=O)c2cccc(N3CC(C)(O)C3)n2)ccc1Br. The lowest BCUT2D eigenvalue weighted by molar-refractivity contribution is 0.0305. The van der Waals surface area contributed by atoms with Crippen LogP contribution in [0.1, 0.15) is 12.5 Å². The quantitative estimate of drug-likeness (QED) is 0.569. The highest BCUT2D eigenvalue weighted by Crippen LogP contribution is 2.31. The second kappa shape index (κ2) is 7.64. The van der Waals surface area contributed by atoms with E-state index in [0.29, 0.717) is 24.6 Å². The maximum Gasteiger partial charge on any atom is 0.280 e. The van der Waals surface area contributed by atoms with Gasteiger partial charge in [-0.1, -0.05) is 30.3 Å². The molecule has 30 heavy (non-hydrogen) atoms. The van der Waals surface area contributed by atoms with Crippen molar-refractivity contribution in [3.8, 4) is 11.3 Å². The van der Waals surface area contributed by atoms with Crippen LogP contribution in [0.4, 0.5) is 11.6 Å². The monoisotopic (exact) mass is 488 g/mol. The van der Waals surface area contributed by atoms with Gasteiger partial charge in [0.05, 0.1) is 11.3 Å². The van der Waals surface area contributed by atoms with Crippen LogP contribution in [-0.2, 0) is 10.0 Å². The first-order valence-corrected chi connectivity index (χ1v) is 11.6. The largest absolute Gasteiger partial charge is 0.386 e. The molecule has 0 unspecified atom stereocenters. The molecule has 9 heteroatoms. The maximum absolute atomic E-state index is 12.9. The zero-order valence-electron chi connectivity index (χ0n) is 16.5. The van der Waals surface area contributed by atoms with E-state index in [9.17, 15) is 13.5 Å². The van der Waals surface area contributed by atoms with Gasteiger partial charge in [0, 0.05) is 23.1 Å². The standard InChI is InChI=1S/C21H21BrN4O3S/c1-14-6-3-4-7-15(14)20-16(22)10-11-17(23-20)25-30(28,29)19-9-5-8-18(24-19)26-12-21(2,27)13-26/h3-11,27H,12-13H2,1-2H3,(H,23,25). The van der Waals surface area contributed by atoms with Gasteiger partial charge in [0.15, 0.2) is 5.03 Å². The summed E-state index contributed by atoms with van der Waals surface area (Å²) in [6.45, 7) is 4.52. The molecule has 4 rings (SSSR count). The first kappa shape index (κ1) is 20.8. The van der Waals surface area contributed by atoms with Gasteiger partial charge < -0.3 is 10.0 Å². The smallest absolute Gasteiger partial charge is 0.280 e. The Balaban J connectivity index is 1.62. The second-order valence-corrected chi connectivity index (χ2v) is 10.1. The summed E-state index contributed by atoms with van der Waals surface area (Å²) in [5.41, 5.74) is 1.82. The normalized spacial score (nSPS) is 15.5. The van der Waals surface area contributed by atoms with E-state index in [1.54, 1.807) is 31.2 Å². The molecule has 3 heterocycles. The van der Waals surface area contributed by atoms with Crippen molar-refractivity contribution in [1.29, 1.82) is 0 Å². The van der Waals surface area contributed by atoms with E-state index in [4.69, 9.17) is 0 Å². The molecule has 1 aliphatic rings. The molecule has 0 atom stereocenters. The molecule has 0 saturated carbocycles. The molecule has 2 N–H and O–H groups in total. The van der Waals surface area contributed by atoms with Crippen LogP contribution in [0.15, 0.2) is 64.1 Å². The molecule has 0 radical (unpaired) electrons. The first-order chi connectivity index (χ1) is 14.1. The number of sulfonamides is 1. The van der Waals surface area contributed by atoms with Crippen LogP contribution in [-0.4, -0.2) is 42.2 Å². The summed E-state index contributed by atoms with van der Waals surface area (Å²) < 4.78 is 29.1. The number of pyridine rings is 2. The molecule has 3 aromatic rings. The number of nitrogens with zero attached hydrogens (tertiary/aromatic N) is 3. The van der Waals surface area contributed by atoms with Crippen molar-refractivity contribution in [2.75, 3.05) is 22.7 Å². The van der Waals surface area contributed by atoms with Crippen molar-refractivity contribution in [2.45, 2.75) is 24.5 Å². The van der Waals surface area contributed by atoms with Crippen LogP contribution in [0.2, 0.25) is 0 Å². The van der Waals surface area contributed by atoms with Gasteiger partial charge >= 0.3 is 0 Å². The number of hydrogen-bond donors (Lipinski definition) is 2. The Morgan fingerprint density at radius 1 is 1.07 bits per heavy atom. The van der Waals surface area contributed by atoms with Crippen LogP contribution < -0.4 is 9.62 Å². The fourth-order valence-electron chi connectivity index (χ4n) is 3.38. The predicted octanol–water partition coefficient (Wildman–Crippen LogP) is 3.59. The minimum atomic E-state index is -3.93. The van der Waals surface area contributed by atoms with Gasteiger partial charge in [-0.15, -0.1) is 0 Å². The number of nitrogens with one attached hydrogen (secondary N) is 1. The van der Waals surface area contributed by atoms with Crippen molar-refractivity contribution in [3.63, 3.8) is 0 Å². The lowest BCUT2D eigenvalue weighted by Gasteiger charge is -2.44. The van der Waals surface area contributed by atoms with E-state index in [1.807, 2.05) is 36.1 Å². The van der Waals surface area contributed by atoms with Gasteiger partial charge in [-0.25, -0.2) is 9.97 Å². The topological polar surface area (TPSA) is 95.4 Å². The molecular weight excluding hydrogens is 468 g/mol. The third-order valence-corrected chi connectivity index (χ3v) is 6.75. The average Bonchev–Trinajstić information content (AvgIpc) is 2.68. The Kier molecular flexibility index (Phi) is 5.29. The zero-order chi connectivity index (χ0) is 21.5. The van der Waals surface area contributed by atoms with Crippen molar-refractivity contribution < 1.29 is 13.5 Å². The van der Waals surface area contributed by atoms with Crippen molar-refractivity contribution >= 4 is 37.6 Å². The number of halogens is 1. The van der Waals surface area contributed by atoms with Gasteiger partial charge in [-0.2, -0.15) is 8.42 Å². The summed E-state index contributed by atoms with van der Waals surface area (Å²) in [4.78, 5) is 10.6. The van der Waals surface area contributed by atoms with Gasteiger partial charge in [0.1, 0.15) is 11.6 Å². The van der Waals surface area contributed by atoms with Crippen molar-refractivity contribution in [3.05, 3.63) is 64.6 Å². The summed E-state index contributed by atoms with van der Waals surface area (Å²) >= 11 is 3.50. The maximum atomic E-state index is 12.9. The van der Waals surface area contributed by atoms with Gasteiger partial charge in [0.2, 0.25) is 0 Å². The summed E-state index contributed by atoms with van der Waals surface area (Å²) in [7, 11) is -3.93. The Bertz CT molecular complexity index is 1210. The molecule has 1 saturated heterocycles. The minimum Gasteiger partial charge on any atom is -0.386 e. The van der Waals surface area contributed by atoms with Crippen LogP contribution in [0.5, 0.6) is 0 Å². The Morgan fingerprint density at radius 2 is 1.80 bits per heavy atom. The first-order valence-electron chi connectivity index (χ1n) is 9.34. The van der Waals surface area contributed by atoms with Crippen LogP contribution in [0.25, 0.3) is 11.3 Å². The fraction of sp³-hybridized carbons (Fsp3) is 0.238. The molecule has 156 valence electrons. The Morgan fingerprint density at radius 3 is 2.50 bits per heavy atom. The predicted molar refractivity (Wildman–Crippen MR) is 120 cm³/mol. The van der Waals surface area contributed by atoms with Gasteiger partial charge in [-0.05, 0) is 59.6 Å². The third-order valence-electron chi connectivity index (χ3n) is 4.86. The molecule has 0 spiro atoms. The molecule has 0 aliphatic carbocycles. The highest BCUT2D eigenvalue weighted by atomic mass is 79.9. The number of aromatic nitrogens is 2. The van der Waals surface area contributed by atoms with E-state index >= 15 is 0 Å². The minimum absolute atomic E-state index is 0.103. The summed E-state index contributed by atoms with van der Waals surface area (Å²) in [6.07, 6.45) is 0. The highest BCUT2D eigenvalue weighted by molar-refractivity contribution is 9.10. The van der Waals surface area contributed by atoms with E-state index < -0.39 is 15.6 Å². The number of hydrogen-bond acceptors (Lipinski definition) is 6. The summed E-state index contributed by atoms with van der Waals surface area (Å²) in [5, 5.41) is 9.82. The van der Waals surface area contributed by atoms with E-state index in [1.165, 1.54) is 6.07 Å². The zero-order valence-corrected chi connectivity index (χ0v) is 18.9. The van der Waals surface area contributed by atoms with Crippen molar-refractivity contribution in [2.24, 2.45) is 0 Å². The van der Waals surface area contributed by atoms with Crippen molar-refractivity contribution in [1.82, 2.24) is 9.97 Å². The summed E-state index contributed by atoms with van der Waals surface area (Å²) in [6, 6.07) is 15.9. The van der Waals surface area contributed by atoms with Crippen LogP contribution >= 0.6 is 15.9 Å². The van der Waals surface area contributed by atoms with Gasteiger partial charge in [0.25, 0.3) is 10.0 Å². The molecule has 0 bridgehead atoms. The Labute approximate surface area is 184 Å².